The molecule has 0 heterocycles. The topological polar surface area (TPSA) is 98.5 Å². The standard InChI is InChI=1S/C25H24N2O5/c1-17-13-14-22(27(30)31)25(18(17)2)26-23(28)16-32-24(29)15-21(19-9-5-3-6-10-19)20-11-7-4-8-12-20/h3-14,21H,15-16H2,1-2H3,(H,26,28). The number of rotatable bonds is 8. The van der Waals surface area contributed by atoms with Gasteiger partial charge >= 0.3 is 5.97 Å². The van der Waals surface area contributed by atoms with Crippen LogP contribution in [-0.4, -0.2) is 23.4 Å². The number of benzene rings is 3. The molecule has 3 rings (SSSR count). The highest BCUT2D eigenvalue weighted by atomic mass is 16.6. The smallest absolute Gasteiger partial charge is 0.307 e. The molecular formula is C25H24N2O5. The van der Waals surface area contributed by atoms with E-state index in [2.05, 4.69) is 5.32 Å². The molecular weight excluding hydrogens is 408 g/mol. The van der Waals surface area contributed by atoms with Gasteiger partial charge in [0.15, 0.2) is 6.61 Å². The number of carbonyl (C=O) groups is 2. The number of anilines is 1. The lowest BCUT2D eigenvalue weighted by Crippen LogP contribution is -2.23. The van der Waals surface area contributed by atoms with Crippen molar-refractivity contribution < 1.29 is 19.2 Å². The molecule has 0 aliphatic heterocycles. The van der Waals surface area contributed by atoms with Crippen LogP contribution in [0.15, 0.2) is 72.8 Å². The zero-order valence-electron chi connectivity index (χ0n) is 17.9. The van der Waals surface area contributed by atoms with Gasteiger partial charge in [-0.05, 0) is 36.1 Å². The lowest BCUT2D eigenvalue weighted by molar-refractivity contribution is -0.384. The molecule has 0 aromatic heterocycles. The minimum Gasteiger partial charge on any atom is -0.456 e. The van der Waals surface area contributed by atoms with Crippen molar-refractivity contribution in [2.45, 2.75) is 26.2 Å². The summed E-state index contributed by atoms with van der Waals surface area (Å²) in [5.74, 6) is -1.38. The number of amides is 1. The third-order valence-electron chi connectivity index (χ3n) is 5.31. The predicted octanol–water partition coefficient (Wildman–Crippen LogP) is 4.92. The minimum absolute atomic E-state index is 0.0604. The summed E-state index contributed by atoms with van der Waals surface area (Å²) in [6.45, 7) is 2.95. The Hall–Kier alpha value is -4.00. The molecule has 0 fully saturated rings. The number of hydrogen-bond donors (Lipinski definition) is 1. The molecule has 164 valence electrons. The molecule has 0 atom stereocenters. The molecule has 3 aromatic carbocycles. The maximum atomic E-state index is 12.5. The van der Waals surface area contributed by atoms with Crippen LogP contribution in [0.4, 0.5) is 11.4 Å². The zero-order chi connectivity index (χ0) is 23.1. The fourth-order valence-electron chi connectivity index (χ4n) is 3.46. The molecule has 1 N–H and O–H groups in total. The van der Waals surface area contributed by atoms with Gasteiger partial charge in [0.25, 0.3) is 11.6 Å². The number of nitrogens with one attached hydrogen (secondary N) is 1. The molecule has 0 spiro atoms. The van der Waals surface area contributed by atoms with E-state index in [0.717, 1.165) is 16.7 Å². The number of carbonyl (C=O) groups excluding carboxylic acids is 2. The van der Waals surface area contributed by atoms with Crippen molar-refractivity contribution in [2.24, 2.45) is 0 Å². The van der Waals surface area contributed by atoms with Crippen molar-refractivity contribution in [3.8, 4) is 0 Å². The molecule has 0 aliphatic carbocycles. The molecule has 7 nitrogen and oxygen atoms in total. The van der Waals surface area contributed by atoms with E-state index in [1.807, 2.05) is 60.7 Å². The highest BCUT2D eigenvalue weighted by Gasteiger charge is 2.22. The van der Waals surface area contributed by atoms with Crippen molar-refractivity contribution >= 4 is 23.3 Å². The van der Waals surface area contributed by atoms with Gasteiger partial charge in [0.05, 0.1) is 11.3 Å². The van der Waals surface area contributed by atoms with E-state index in [4.69, 9.17) is 4.74 Å². The summed E-state index contributed by atoms with van der Waals surface area (Å²) in [6, 6.07) is 22.2. The largest absolute Gasteiger partial charge is 0.456 e. The van der Waals surface area contributed by atoms with Crippen molar-refractivity contribution in [1.29, 1.82) is 0 Å². The van der Waals surface area contributed by atoms with E-state index in [9.17, 15) is 19.7 Å². The number of nitrogens with zero attached hydrogens (tertiary/aromatic N) is 1. The monoisotopic (exact) mass is 432 g/mol. The molecule has 0 aliphatic rings. The van der Waals surface area contributed by atoms with Crippen LogP contribution in [0.5, 0.6) is 0 Å². The number of aryl methyl sites for hydroxylation is 1. The van der Waals surface area contributed by atoms with Gasteiger partial charge in [-0.1, -0.05) is 66.7 Å². The first-order chi connectivity index (χ1) is 15.4. The van der Waals surface area contributed by atoms with Crippen molar-refractivity contribution in [3.05, 3.63) is 105 Å². The Balaban J connectivity index is 1.67. The highest BCUT2D eigenvalue weighted by molar-refractivity contribution is 5.96. The van der Waals surface area contributed by atoms with Crippen LogP contribution in [0.2, 0.25) is 0 Å². The van der Waals surface area contributed by atoms with Crippen LogP contribution < -0.4 is 5.32 Å². The van der Waals surface area contributed by atoms with Gasteiger partial charge in [-0.15, -0.1) is 0 Å². The summed E-state index contributed by atoms with van der Waals surface area (Å²) in [5, 5.41) is 13.8. The summed E-state index contributed by atoms with van der Waals surface area (Å²) in [4.78, 5) is 35.6. The molecule has 0 radical (unpaired) electrons. The van der Waals surface area contributed by atoms with Crippen LogP contribution in [0.25, 0.3) is 0 Å². The van der Waals surface area contributed by atoms with Crippen LogP contribution in [0, 0.1) is 24.0 Å². The SMILES string of the molecule is Cc1ccc([N+](=O)[O-])c(NC(=O)COC(=O)CC(c2ccccc2)c2ccccc2)c1C. The first kappa shape index (κ1) is 22.7. The van der Waals surface area contributed by atoms with Crippen LogP contribution in [0.1, 0.15) is 34.6 Å². The summed E-state index contributed by atoms with van der Waals surface area (Å²) in [6.07, 6.45) is 0.0604. The maximum Gasteiger partial charge on any atom is 0.307 e. The number of nitro benzene ring substituents is 1. The Labute approximate surface area is 186 Å². The summed E-state index contributed by atoms with van der Waals surface area (Å²) >= 11 is 0. The molecule has 0 unspecified atom stereocenters. The van der Waals surface area contributed by atoms with Crippen LogP contribution in [0.3, 0.4) is 0 Å². The Morgan fingerprint density at radius 3 is 2.03 bits per heavy atom. The van der Waals surface area contributed by atoms with E-state index in [1.165, 1.54) is 6.07 Å². The third kappa shape index (κ3) is 5.57. The number of ether oxygens (including phenoxy) is 1. The fraction of sp³-hybridized carbons (Fsp3) is 0.200. The van der Waals surface area contributed by atoms with Gasteiger partial charge in [0, 0.05) is 12.0 Å². The summed E-state index contributed by atoms with van der Waals surface area (Å²) in [5.41, 5.74) is 3.23. The van der Waals surface area contributed by atoms with Gasteiger partial charge in [-0.25, -0.2) is 0 Å². The molecule has 0 saturated carbocycles. The second-order valence-corrected chi connectivity index (χ2v) is 7.45. The summed E-state index contributed by atoms with van der Waals surface area (Å²) < 4.78 is 5.20. The van der Waals surface area contributed by atoms with Crippen molar-refractivity contribution in [1.82, 2.24) is 0 Å². The average molecular weight is 432 g/mol. The van der Waals surface area contributed by atoms with E-state index in [1.54, 1.807) is 19.9 Å². The Morgan fingerprint density at radius 1 is 0.938 bits per heavy atom. The molecule has 3 aromatic rings. The quantitative estimate of drug-likeness (QED) is 0.310. The van der Waals surface area contributed by atoms with Crippen LogP contribution >= 0.6 is 0 Å². The van der Waals surface area contributed by atoms with Gasteiger partial charge in [-0.2, -0.15) is 0 Å². The lowest BCUT2D eigenvalue weighted by atomic mass is 9.89. The van der Waals surface area contributed by atoms with Crippen molar-refractivity contribution in [2.75, 3.05) is 11.9 Å². The van der Waals surface area contributed by atoms with Gasteiger partial charge < -0.3 is 10.1 Å². The second kappa shape index (κ2) is 10.3. The maximum absolute atomic E-state index is 12.5. The van der Waals surface area contributed by atoms with Gasteiger partial charge in [-0.3, -0.25) is 19.7 Å². The molecule has 0 bridgehead atoms. The number of hydrogen-bond acceptors (Lipinski definition) is 5. The Bertz CT molecular complexity index is 1070. The van der Waals surface area contributed by atoms with E-state index < -0.39 is 23.4 Å². The summed E-state index contributed by atoms with van der Waals surface area (Å²) in [7, 11) is 0. The van der Waals surface area contributed by atoms with Crippen molar-refractivity contribution in [3.63, 3.8) is 0 Å². The average Bonchev–Trinajstić information content (AvgIpc) is 2.80. The molecule has 7 heteroatoms. The van der Waals surface area contributed by atoms with Gasteiger partial charge in [0.1, 0.15) is 5.69 Å². The fourth-order valence-corrected chi connectivity index (χ4v) is 3.46. The number of nitro groups is 1. The third-order valence-corrected chi connectivity index (χ3v) is 5.31. The second-order valence-electron chi connectivity index (χ2n) is 7.45. The van der Waals surface area contributed by atoms with Crippen LogP contribution in [-0.2, 0) is 14.3 Å². The first-order valence-corrected chi connectivity index (χ1v) is 10.2. The minimum atomic E-state index is -0.633. The molecule has 0 saturated heterocycles. The number of esters is 1. The zero-order valence-corrected chi connectivity index (χ0v) is 17.9. The Morgan fingerprint density at radius 2 is 1.50 bits per heavy atom. The molecule has 32 heavy (non-hydrogen) atoms. The first-order valence-electron chi connectivity index (χ1n) is 10.2. The van der Waals surface area contributed by atoms with Gasteiger partial charge in [0.2, 0.25) is 0 Å². The lowest BCUT2D eigenvalue weighted by Gasteiger charge is -2.17. The molecule has 1 amide bonds. The van der Waals surface area contributed by atoms with E-state index in [0.29, 0.717) is 5.56 Å². The van der Waals surface area contributed by atoms with E-state index in [-0.39, 0.29) is 23.7 Å². The normalized spacial score (nSPS) is 10.6. The Kier molecular flexibility index (Phi) is 7.33. The van der Waals surface area contributed by atoms with E-state index >= 15 is 0 Å². The highest BCUT2D eigenvalue weighted by Crippen LogP contribution is 2.30. The predicted molar refractivity (Wildman–Crippen MR) is 122 cm³/mol.